The van der Waals surface area contributed by atoms with E-state index in [2.05, 4.69) is 20.4 Å². The van der Waals surface area contributed by atoms with Crippen LogP contribution >= 0.6 is 0 Å². The predicted octanol–water partition coefficient (Wildman–Crippen LogP) is 3.17. The zero-order chi connectivity index (χ0) is 17.4. The fourth-order valence-electron chi connectivity index (χ4n) is 2.71. The van der Waals surface area contributed by atoms with Crippen LogP contribution in [0.15, 0.2) is 12.2 Å². The highest BCUT2D eigenvalue weighted by molar-refractivity contribution is 5.06. The summed E-state index contributed by atoms with van der Waals surface area (Å²) in [6.45, 7) is 14.8. The molecule has 0 rings (SSSR count). The van der Waals surface area contributed by atoms with Gasteiger partial charge in [0.1, 0.15) is 0 Å². The molecular weight excluding hydrogens is 280 g/mol. The van der Waals surface area contributed by atoms with Gasteiger partial charge in [0.15, 0.2) is 0 Å². The van der Waals surface area contributed by atoms with Gasteiger partial charge in [-0.15, -0.1) is 0 Å². The molecule has 0 saturated heterocycles. The van der Waals surface area contributed by atoms with Crippen molar-refractivity contribution in [2.75, 3.05) is 26.9 Å². The first-order valence-corrected chi connectivity index (χ1v) is 8.32. The van der Waals surface area contributed by atoms with Crippen molar-refractivity contribution in [1.29, 1.82) is 0 Å². The molecule has 0 aromatic rings. The molecule has 0 bridgehead atoms. The molecule has 0 amide bonds. The summed E-state index contributed by atoms with van der Waals surface area (Å²) in [6, 6.07) is 0. The predicted molar refractivity (Wildman–Crippen MR) is 90.9 cm³/mol. The molecular formula is C18H36O4. The largest absolute Gasteiger partial charge is 0.392 e. The molecule has 4 nitrogen and oxygen atoms in total. The average Bonchev–Trinajstić information content (AvgIpc) is 2.49. The van der Waals surface area contributed by atoms with Gasteiger partial charge in [-0.2, -0.15) is 0 Å². The Bertz CT molecular complexity index is 327. The highest BCUT2D eigenvalue weighted by atomic mass is 16.5. The molecule has 0 aliphatic heterocycles. The van der Waals surface area contributed by atoms with Crippen molar-refractivity contribution in [2.24, 2.45) is 11.8 Å². The van der Waals surface area contributed by atoms with E-state index in [-0.39, 0.29) is 18.4 Å². The Labute approximate surface area is 136 Å². The molecule has 0 heterocycles. The lowest BCUT2D eigenvalue weighted by atomic mass is 9.82. The summed E-state index contributed by atoms with van der Waals surface area (Å²) in [5.74, 6) is -0.0419. The maximum Gasteiger partial charge on any atom is 0.0715 e. The number of hydrogen-bond acceptors (Lipinski definition) is 4. The summed E-state index contributed by atoms with van der Waals surface area (Å²) in [7, 11) is 1.64. The molecule has 0 aliphatic carbocycles. The second kappa shape index (κ2) is 9.66. The third-order valence-electron chi connectivity index (χ3n) is 5.05. The zero-order valence-electron chi connectivity index (χ0n) is 15.3. The molecule has 4 unspecified atom stereocenters. The van der Waals surface area contributed by atoms with E-state index in [1.54, 1.807) is 7.11 Å². The molecule has 22 heavy (non-hydrogen) atoms. The second-order valence-corrected chi connectivity index (χ2v) is 6.77. The summed E-state index contributed by atoms with van der Waals surface area (Å²) in [4.78, 5) is 0. The van der Waals surface area contributed by atoms with Crippen LogP contribution in [0.4, 0.5) is 0 Å². The van der Waals surface area contributed by atoms with E-state index in [9.17, 15) is 10.2 Å². The Hall–Kier alpha value is -0.420. The van der Waals surface area contributed by atoms with Crippen LogP contribution in [0.2, 0.25) is 0 Å². The van der Waals surface area contributed by atoms with Gasteiger partial charge in [-0.25, -0.2) is 0 Å². The average molecular weight is 316 g/mol. The van der Waals surface area contributed by atoms with Gasteiger partial charge in [-0.1, -0.05) is 33.8 Å². The van der Waals surface area contributed by atoms with Crippen LogP contribution in [-0.2, 0) is 9.47 Å². The van der Waals surface area contributed by atoms with E-state index in [4.69, 9.17) is 9.47 Å². The summed E-state index contributed by atoms with van der Waals surface area (Å²) >= 11 is 0. The van der Waals surface area contributed by atoms with Crippen molar-refractivity contribution in [3.63, 3.8) is 0 Å². The molecule has 4 atom stereocenters. The minimum atomic E-state index is -0.809. The van der Waals surface area contributed by atoms with E-state index in [0.717, 1.165) is 18.4 Å². The molecule has 4 heteroatoms. The lowest BCUT2D eigenvalue weighted by Gasteiger charge is -2.39. The number of aliphatic hydroxyl groups is 2. The number of rotatable bonds is 12. The smallest absolute Gasteiger partial charge is 0.0715 e. The van der Waals surface area contributed by atoms with Crippen molar-refractivity contribution in [2.45, 2.75) is 65.1 Å². The first-order valence-electron chi connectivity index (χ1n) is 8.32. The van der Waals surface area contributed by atoms with Gasteiger partial charge in [-0.05, 0) is 32.3 Å². The summed E-state index contributed by atoms with van der Waals surface area (Å²) in [5.41, 5.74) is -0.446. The lowest BCUT2D eigenvalue weighted by Crippen LogP contribution is -2.45. The van der Waals surface area contributed by atoms with Gasteiger partial charge in [0.05, 0.1) is 31.0 Å². The highest BCUT2D eigenvalue weighted by Gasteiger charge is 2.36. The minimum absolute atomic E-state index is 0.0326. The summed E-state index contributed by atoms with van der Waals surface area (Å²) in [5, 5.41) is 20.0. The Kier molecular flexibility index (Phi) is 9.47. The molecule has 0 spiro atoms. The van der Waals surface area contributed by atoms with Gasteiger partial charge >= 0.3 is 0 Å². The molecule has 0 aromatic carbocycles. The fourth-order valence-corrected chi connectivity index (χ4v) is 2.71. The van der Waals surface area contributed by atoms with Crippen LogP contribution in [0.5, 0.6) is 0 Å². The van der Waals surface area contributed by atoms with Gasteiger partial charge in [0.25, 0.3) is 0 Å². The van der Waals surface area contributed by atoms with Crippen molar-refractivity contribution >= 4 is 0 Å². The van der Waals surface area contributed by atoms with Crippen molar-refractivity contribution in [1.82, 2.24) is 0 Å². The van der Waals surface area contributed by atoms with Crippen LogP contribution in [0.1, 0.15) is 53.9 Å². The van der Waals surface area contributed by atoms with Crippen molar-refractivity contribution in [3.8, 4) is 0 Å². The normalized spacial score (nSPS) is 20.0. The molecule has 0 aromatic heterocycles. The van der Waals surface area contributed by atoms with Gasteiger partial charge in [-0.3, -0.25) is 0 Å². The van der Waals surface area contributed by atoms with Crippen molar-refractivity contribution in [3.05, 3.63) is 12.2 Å². The number of methoxy groups -OCH3 is 1. The number of hydrogen-bond donors (Lipinski definition) is 2. The molecule has 0 radical (unpaired) electrons. The Morgan fingerprint density at radius 2 is 1.82 bits per heavy atom. The first kappa shape index (κ1) is 21.6. The molecule has 0 fully saturated rings. The monoisotopic (exact) mass is 316 g/mol. The Balaban J connectivity index is 4.96. The topological polar surface area (TPSA) is 58.9 Å². The van der Waals surface area contributed by atoms with Gasteiger partial charge in [0, 0.05) is 18.9 Å². The van der Waals surface area contributed by atoms with Crippen molar-refractivity contribution < 1.29 is 19.7 Å². The third kappa shape index (κ3) is 5.99. The maximum absolute atomic E-state index is 10.7. The van der Waals surface area contributed by atoms with Crippen LogP contribution in [0.25, 0.3) is 0 Å². The molecule has 0 aliphatic rings. The van der Waals surface area contributed by atoms with Gasteiger partial charge in [0.2, 0.25) is 0 Å². The zero-order valence-corrected chi connectivity index (χ0v) is 15.3. The van der Waals surface area contributed by atoms with Crippen LogP contribution in [0, 0.1) is 11.8 Å². The minimum Gasteiger partial charge on any atom is -0.392 e. The second-order valence-electron chi connectivity index (χ2n) is 6.77. The first-order chi connectivity index (χ1) is 10.2. The number of ether oxygens (including phenoxy) is 2. The standard InChI is InChI=1S/C18H36O4/c1-8-10-17(5,20)16(12-21-7)13-22-18(6,9-2)15(4)14(3)11-19/h15-16,19-20H,3,8-13H2,1-2,4-7H3. The number of aliphatic hydroxyl groups excluding tert-OH is 1. The van der Waals surface area contributed by atoms with Crippen LogP contribution < -0.4 is 0 Å². The van der Waals surface area contributed by atoms with Crippen LogP contribution in [0.3, 0.4) is 0 Å². The maximum atomic E-state index is 10.7. The molecule has 132 valence electrons. The van der Waals surface area contributed by atoms with Gasteiger partial charge < -0.3 is 19.7 Å². The fraction of sp³-hybridized carbons (Fsp3) is 0.889. The van der Waals surface area contributed by atoms with E-state index < -0.39 is 11.2 Å². The SMILES string of the molecule is C=C(CO)C(C)C(C)(CC)OCC(COC)C(C)(O)CCC. The summed E-state index contributed by atoms with van der Waals surface area (Å²) < 4.78 is 11.5. The van der Waals surface area contributed by atoms with E-state index in [1.165, 1.54) is 0 Å². The highest BCUT2D eigenvalue weighted by Crippen LogP contribution is 2.32. The quantitative estimate of drug-likeness (QED) is 0.543. The van der Waals surface area contributed by atoms with Crippen LogP contribution in [-0.4, -0.2) is 48.3 Å². The van der Waals surface area contributed by atoms with E-state index in [1.807, 2.05) is 20.8 Å². The Morgan fingerprint density at radius 1 is 1.23 bits per heavy atom. The van der Waals surface area contributed by atoms with E-state index in [0.29, 0.717) is 19.6 Å². The molecule has 0 saturated carbocycles. The summed E-state index contributed by atoms with van der Waals surface area (Å²) in [6.07, 6.45) is 2.44. The molecule has 2 N–H and O–H groups in total. The third-order valence-corrected chi connectivity index (χ3v) is 5.05. The lowest BCUT2D eigenvalue weighted by molar-refractivity contribution is -0.127. The van der Waals surface area contributed by atoms with E-state index >= 15 is 0 Å². The Morgan fingerprint density at radius 3 is 2.23 bits per heavy atom.